The zero-order valence-electron chi connectivity index (χ0n) is 7.68. The number of nitriles is 1. The van der Waals surface area contributed by atoms with Gasteiger partial charge in [-0.25, -0.2) is 27.3 Å². The molecule has 1 aromatic rings. The van der Waals surface area contributed by atoms with Crippen LogP contribution in [0.15, 0.2) is 11.0 Å². The molecule has 1 rings (SSSR count). The van der Waals surface area contributed by atoms with Crippen LogP contribution >= 0.6 is 0 Å². The number of pyridine rings is 1. The van der Waals surface area contributed by atoms with Crippen molar-refractivity contribution in [1.82, 2.24) is 4.98 Å². The van der Waals surface area contributed by atoms with Crippen LogP contribution in [0.4, 0.5) is 14.5 Å². The Morgan fingerprint density at radius 1 is 1.50 bits per heavy atom. The maximum Gasteiger partial charge on any atom is 0.282 e. The lowest BCUT2D eigenvalue weighted by atomic mass is 10.2. The molecule has 0 radical (unpaired) electrons. The van der Waals surface area contributed by atoms with Gasteiger partial charge in [-0.3, -0.25) is 0 Å². The standard InChI is InChI=1S/C7H6F2N4O2S/c8-7(9)6-5(11)4(16(12,14)15)1-3(2-10)13-6/h1,7H,11H2,(H2,12,14,15). The van der Waals surface area contributed by atoms with Gasteiger partial charge in [0.2, 0.25) is 10.0 Å². The molecule has 0 saturated heterocycles. The summed E-state index contributed by atoms with van der Waals surface area (Å²) in [6, 6.07) is 2.19. The van der Waals surface area contributed by atoms with E-state index in [0.717, 1.165) is 6.07 Å². The number of hydrogen-bond acceptors (Lipinski definition) is 5. The van der Waals surface area contributed by atoms with Gasteiger partial charge in [0.05, 0.1) is 5.69 Å². The summed E-state index contributed by atoms with van der Waals surface area (Å²) in [6.07, 6.45) is -3.09. The maximum absolute atomic E-state index is 12.4. The molecule has 9 heteroatoms. The fourth-order valence-electron chi connectivity index (χ4n) is 1.01. The van der Waals surface area contributed by atoms with E-state index in [1.54, 1.807) is 0 Å². The molecule has 0 aliphatic carbocycles. The van der Waals surface area contributed by atoms with Crippen molar-refractivity contribution in [3.63, 3.8) is 0 Å². The normalized spacial score (nSPS) is 11.4. The molecule has 1 aromatic heterocycles. The summed E-state index contributed by atoms with van der Waals surface area (Å²) < 4.78 is 46.9. The van der Waals surface area contributed by atoms with Crippen molar-refractivity contribution in [2.75, 3.05) is 5.73 Å². The quantitative estimate of drug-likeness (QED) is 0.769. The Hall–Kier alpha value is -1.79. The molecule has 86 valence electrons. The Labute approximate surface area is 89.5 Å². The maximum atomic E-state index is 12.4. The van der Waals surface area contributed by atoms with E-state index in [1.165, 1.54) is 6.07 Å². The summed E-state index contributed by atoms with van der Waals surface area (Å²) in [5.41, 5.74) is 2.98. The van der Waals surface area contributed by atoms with Crippen molar-refractivity contribution in [2.24, 2.45) is 5.14 Å². The third-order valence-electron chi connectivity index (χ3n) is 1.68. The Balaban J connectivity index is 3.65. The number of aromatic nitrogens is 1. The lowest BCUT2D eigenvalue weighted by molar-refractivity contribution is 0.146. The summed E-state index contributed by atoms with van der Waals surface area (Å²) in [6.45, 7) is 0. The molecule has 4 N–H and O–H groups in total. The minimum Gasteiger partial charge on any atom is -0.396 e. The lowest BCUT2D eigenvalue weighted by Gasteiger charge is -2.08. The molecule has 0 aliphatic rings. The first kappa shape index (κ1) is 12.3. The van der Waals surface area contributed by atoms with Crippen molar-refractivity contribution >= 4 is 15.7 Å². The van der Waals surface area contributed by atoms with E-state index < -0.39 is 38.4 Å². The van der Waals surface area contributed by atoms with Crippen LogP contribution in [-0.2, 0) is 10.0 Å². The van der Waals surface area contributed by atoms with Gasteiger partial charge in [0.1, 0.15) is 22.4 Å². The summed E-state index contributed by atoms with van der Waals surface area (Å²) in [5.74, 6) is 0. The fraction of sp³-hybridized carbons (Fsp3) is 0.143. The number of rotatable bonds is 2. The molecular formula is C7H6F2N4O2S. The zero-order chi connectivity index (χ0) is 12.5. The molecule has 16 heavy (non-hydrogen) atoms. The molecule has 6 nitrogen and oxygen atoms in total. The SMILES string of the molecule is N#Cc1cc(S(N)(=O)=O)c(N)c(C(F)F)n1. The smallest absolute Gasteiger partial charge is 0.282 e. The summed E-state index contributed by atoms with van der Waals surface area (Å²) in [7, 11) is -4.27. The van der Waals surface area contributed by atoms with Crippen molar-refractivity contribution < 1.29 is 17.2 Å². The van der Waals surface area contributed by atoms with Gasteiger partial charge in [-0.05, 0) is 6.07 Å². The molecule has 0 atom stereocenters. The molecule has 0 aliphatic heterocycles. The van der Waals surface area contributed by atoms with Gasteiger partial charge in [-0.2, -0.15) is 5.26 Å². The average Bonchev–Trinajstić information content (AvgIpc) is 2.15. The first-order valence-electron chi connectivity index (χ1n) is 3.79. The van der Waals surface area contributed by atoms with Crippen LogP contribution in [-0.4, -0.2) is 13.4 Å². The molecule has 0 saturated carbocycles. The molecule has 0 aromatic carbocycles. The highest BCUT2D eigenvalue weighted by atomic mass is 32.2. The van der Waals surface area contributed by atoms with Crippen molar-refractivity contribution in [2.45, 2.75) is 11.3 Å². The van der Waals surface area contributed by atoms with Gasteiger partial charge < -0.3 is 5.73 Å². The van der Waals surface area contributed by atoms with Crippen LogP contribution in [0.1, 0.15) is 17.8 Å². The second kappa shape index (κ2) is 3.99. The molecule has 0 amide bonds. The van der Waals surface area contributed by atoms with Gasteiger partial charge in [-0.15, -0.1) is 0 Å². The Kier molecular flexibility index (Phi) is 3.06. The Morgan fingerprint density at radius 2 is 2.06 bits per heavy atom. The van der Waals surface area contributed by atoms with E-state index in [2.05, 4.69) is 4.98 Å². The number of hydrogen-bond donors (Lipinski definition) is 2. The highest BCUT2D eigenvalue weighted by Gasteiger charge is 2.23. The van der Waals surface area contributed by atoms with E-state index in [-0.39, 0.29) is 0 Å². The van der Waals surface area contributed by atoms with E-state index >= 15 is 0 Å². The molecule has 1 heterocycles. The van der Waals surface area contributed by atoms with Crippen molar-refractivity contribution in [3.05, 3.63) is 17.5 Å². The summed E-state index contributed by atoms with van der Waals surface area (Å²) >= 11 is 0. The van der Waals surface area contributed by atoms with Crippen LogP contribution in [0.25, 0.3) is 0 Å². The van der Waals surface area contributed by atoms with E-state index in [0.29, 0.717) is 0 Å². The molecule has 0 unspecified atom stereocenters. The largest absolute Gasteiger partial charge is 0.396 e. The third kappa shape index (κ3) is 2.23. The summed E-state index contributed by atoms with van der Waals surface area (Å²) in [5, 5.41) is 13.3. The number of halogens is 2. The number of nitrogens with zero attached hydrogens (tertiary/aromatic N) is 2. The lowest BCUT2D eigenvalue weighted by Crippen LogP contribution is -2.17. The van der Waals surface area contributed by atoms with Gasteiger partial charge in [0.25, 0.3) is 6.43 Å². The second-order valence-electron chi connectivity index (χ2n) is 2.76. The minimum absolute atomic E-state index is 0.492. The zero-order valence-corrected chi connectivity index (χ0v) is 8.50. The average molecular weight is 248 g/mol. The van der Waals surface area contributed by atoms with Crippen molar-refractivity contribution in [3.8, 4) is 6.07 Å². The van der Waals surface area contributed by atoms with Gasteiger partial charge in [0, 0.05) is 0 Å². The molecular weight excluding hydrogens is 242 g/mol. The first-order chi connectivity index (χ1) is 7.27. The highest BCUT2D eigenvalue weighted by Crippen LogP contribution is 2.28. The molecule has 0 spiro atoms. The Bertz CT molecular complexity index is 564. The number of sulfonamides is 1. The predicted molar refractivity (Wildman–Crippen MR) is 49.7 cm³/mol. The van der Waals surface area contributed by atoms with E-state index in [9.17, 15) is 17.2 Å². The third-order valence-corrected chi connectivity index (χ3v) is 2.63. The van der Waals surface area contributed by atoms with Crippen molar-refractivity contribution in [1.29, 1.82) is 5.26 Å². The number of nitrogen functional groups attached to an aromatic ring is 1. The minimum atomic E-state index is -4.27. The van der Waals surface area contributed by atoms with Crippen LogP contribution < -0.4 is 10.9 Å². The van der Waals surface area contributed by atoms with Gasteiger partial charge >= 0.3 is 0 Å². The van der Waals surface area contributed by atoms with Crippen LogP contribution in [0, 0.1) is 11.3 Å². The van der Waals surface area contributed by atoms with Gasteiger partial charge in [-0.1, -0.05) is 0 Å². The van der Waals surface area contributed by atoms with E-state index in [1.807, 2.05) is 0 Å². The topological polar surface area (TPSA) is 123 Å². The second-order valence-corrected chi connectivity index (χ2v) is 4.29. The van der Waals surface area contributed by atoms with Crippen LogP contribution in [0.3, 0.4) is 0 Å². The number of anilines is 1. The molecule has 0 fully saturated rings. The fourth-order valence-corrected chi connectivity index (χ4v) is 1.70. The monoisotopic (exact) mass is 248 g/mol. The number of alkyl halides is 2. The molecule has 0 bridgehead atoms. The van der Waals surface area contributed by atoms with Crippen LogP contribution in [0.5, 0.6) is 0 Å². The predicted octanol–water partition coefficient (Wildman–Crippen LogP) is 0.120. The van der Waals surface area contributed by atoms with Gasteiger partial charge in [0.15, 0.2) is 0 Å². The number of primary sulfonamides is 1. The van der Waals surface area contributed by atoms with E-state index in [4.69, 9.17) is 16.1 Å². The summed E-state index contributed by atoms with van der Waals surface area (Å²) in [4.78, 5) is 2.48. The van der Waals surface area contributed by atoms with Crippen LogP contribution in [0.2, 0.25) is 0 Å². The first-order valence-corrected chi connectivity index (χ1v) is 5.33. The Morgan fingerprint density at radius 3 is 2.44 bits per heavy atom. The highest BCUT2D eigenvalue weighted by molar-refractivity contribution is 7.89. The number of nitrogens with two attached hydrogens (primary N) is 2.